The van der Waals surface area contributed by atoms with Crippen molar-refractivity contribution >= 4 is 15.9 Å². The quantitative estimate of drug-likeness (QED) is 0.860. The van der Waals surface area contributed by atoms with Gasteiger partial charge in [-0.2, -0.15) is 0 Å². The zero-order valence-electron chi connectivity index (χ0n) is 11.5. The van der Waals surface area contributed by atoms with Crippen LogP contribution in [0.25, 0.3) is 0 Å². The van der Waals surface area contributed by atoms with Crippen LogP contribution in [0.3, 0.4) is 0 Å². The van der Waals surface area contributed by atoms with Crippen LogP contribution in [0.5, 0.6) is 17.2 Å². The second-order valence-corrected chi connectivity index (χ2v) is 5.25. The molecule has 0 spiro atoms. The molecule has 2 rings (SSSR count). The standard InChI is InChI=1S/C16H17BrO3/c1-3-15(18)11-4-6-12(7-5-11)20-16-9-8-13(19-2)10-14(16)17/h4-10,15,18H,3H2,1-2H3/t15-/m0/s1. The van der Waals surface area contributed by atoms with Gasteiger partial charge in [0.2, 0.25) is 0 Å². The van der Waals surface area contributed by atoms with Crippen LogP contribution in [-0.4, -0.2) is 12.2 Å². The number of aliphatic hydroxyl groups is 1. The highest BCUT2D eigenvalue weighted by atomic mass is 79.9. The van der Waals surface area contributed by atoms with Crippen molar-refractivity contribution in [2.75, 3.05) is 7.11 Å². The Morgan fingerprint density at radius 2 is 1.75 bits per heavy atom. The summed E-state index contributed by atoms with van der Waals surface area (Å²) in [5.74, 6) is 2.21. The summed E-state index contributed by atoms with van der Waals surface area (Å²) in [6, 6.07) is 13.0. The first kappa shape index (κ1) is 14.9. The summed E-state index contributed by atoms with van der Waals surface area (Å²) in [4.78, 5) is 0. The molecule has 4 heteroatoms. The number of hydrogen-bond donors (Lipinski definition) is 1. The van der Waals surface area contributed by atoms with E-state index < -0.39 is 6.10 Å². The average molecular weight is 337 g/mol. The first-order valence-electron chi connectivity index (χ1n) is 6.43. The van der Waals surface area contributed by atoms with Gasteiger partial charge in [-0.05, 0) is 58.2 Å². The van der Waals surface area contributed by atoms with Crippen molar-refractivity contribution in [3.63, 3.8) is 0 Å². The Hall–Kier alpha value is -1.52. The zero-order valence-corrected chi connectivity index (χ0v) is 13.1. The lowest BCUT2D eigenvalue weighted by Gasteiger charge is -2.11. The topological polar surface area (TPSA) is 38.7 Å². The van der Waals surface area contributed by atoms with Crippen molar-refractivity contribution in [1.29, 1.82) is 0 Å². The number of halogens is 1. The molecule has 2 aromatic rings. The number of benzene rings is 2. The highest BCUT2D eigenvalue weighted by Crippen LogP contribution is 2.33. The van der Waals surface area contributed by atoms with Crippen LogP contribution >= 0.6 is 15.9 Å². The van der Waals surface area contributed by atoms with Gasteiger partial charge in [0.1, 0.15) is 17.2 Å². The van der Waals surface area contributed by atoms with E-state index in [9.17, 15) is 5.11 Å². The Bertz CT molecular complexity index is 566. The summed E-state index contributed by atoms with van der Waals surface area (Å²) < 4.78 is 11.8. The van der Waals surface area contributed by atoms with Gasteiger partial charge in [0, 0.05) is 0 Å². The predicted octanol–water partition coefficient (Wildman–Crippen LogP) is 4.69. The summed E-state index contributed by atoms with van der Waals surface area (Å²) in [5.41, 5.74) is 0.897. The first-order valence-corrected chi connectivity index (χ1v) is 7.22. The number of hydrogen-bond acceptors (Lipinski definition) is 3. The van der Waals surface area contributed by atoms with Crippen molar-refractivity contribution in [2.45, 2.75) is 19.4 Å². The molecule has 2 aromatic carbocycles. The smallest absolute Gasteiger partial charge is 0.141 e. The summed E-state index contributed by atoms with van der Waals surface area (Å²) in [7, 11) is 1.63. The number of methoxy groups -OCH3 is 1. The molecule has 1 atom stereocenters. The van der Waals surface area contributed by atoms with E-state index >= 15 is 0 Å². The van der Waals surface area contributed by atoms with E-state index in [0.717, 1.165) is 27.3 Å². The number of aliphatic hydroxyl groups excluding tert-OH is 1. The van der Waals surface area contributed by atoms with Gasteiger partial charge >= 0.3 is 0 Å². The fourth-order valence-corrected chi connectivity index (χ4v) is 2.25. The Morgan fingerprint density at radius 1 is 1.10 bits per heavy atom. The number of rotatable bonds is 5. The van der Waals surface area contributed by atoms with Gasteiger partial charge in [-0.25, -0.2) is 0 Å². The summed E-state index contributed by atoms with van der Waals surface area (Å²) in [6.07, 6.45) is 0.279. The molecule has 0 bridgehead atoms. The Labute approximate surface area is 127 Å². The van der Waals surface area contributed by atoms with E-state index in [4.69, 9.17) is 9.47 Å². The number of ether oxygens (including phenoxy) is 2. The van der Waals surface area contributed by atoms with Crippen LogP contribution in [0.1, 0.15) is 25.0 Å². The molecule has 0 radical (unpaired) electrons. The van der Waals surface area contributed by atoms with Crippen LogP contribution in [0, 0.1) is 0 Å². The fraction of sp³-hybridized carbons (Fsp3) is 0.250. The average Bonchev–Trinajstić information content (AvgIpc) is 2.49. The molecule has 0 aliphatic rings. The van der Waals surface area contributed by atoms with Crippen LogP contribution < -0.4 is 9.47 Å². The highest BCUT2D eigenvalue weighted by molar-refractivity contribution is 9.10. The molecule has 20 heavy (non-hydrogen) atoms. The molecule has 0 aromatic heterocycles. The Balaban J connectivity index is 2.14. The van der Waals surface area contributed by atoms with Gasteiger partial charge in [-0.15, -0.1) is 0 Å². The van der Waals surface area contributed by atoms with Gasteiger partial charge in [-0.1, -0.05) is 19.1 Å². The molecule has 0 aliphatic heterocycles. The second kappa shape index (κ2) is 6.77. The molecule has 106 valence electrons. The normalized spacial score (nSPS) is 12.0. The first-order chi connectivity index (χ1) is 9.63. The molecule has 0 saturated heterocycles. The van der Waals surface area contributed by atoms with Gasteiger partial charge < -0.3 is 14.6 Å². The molecule has 0 unspecified atom stereocenters. The lowest BCUT2D eigenvalue weighted by Crippen LogP contribution is -1.94. The Morgan fingerprint density at radius 3 is 2.30 bits per heavy atom. The molecule has 0 saturated carbocycles. The molecule has 0 fully saturated rings. The summed E-state index contributed by atoms with van der Waals surface area (Å²) in [6.45, 7) is 1.95. The molecule has 0 amide bonds. The van der Waals surface area contributed by atoms with Crippen LogP contribution in [0.15, 0.2) is 46.9 Å². The van der Waals surface area contributed by atoms with E-state index in [1.165, 1.54) is 0 Å². The lowest BCUT2D eigenvalue weighted by molar-refractivity contribution is 0.173. The van der Waals surface area contributed by atoms with Crippen LogP contribution in [0.4, 0.5) is 0 Å². The molecular weight excluding hydrogens is 320 g/mol. The van der Waals surface area contributed by atoms with E-state index in [2.05, 4.69) is 15.9 Å². The lowest BCUT2D eigenvalue weighted by atomic mass is 10.1. The van der Waals surface area contributed by atoms with Gasteiger partial charge in [0.25, 0.3) is 0 Å². The van der Waals surface area contributed by atoms with Crippen molar-refractivity contribution in [1.82, 2.24) is 0 Å². The van der Waals surface area contributed by atoms with E-state index in [-0.39, 0.29) is 0 Å². The minimum atomic E-state index is -0.420. The molecule has 3 nitrogen and oxygen atoms in total. The molecule has 1 N–H and O–H groups in total. The molecule has 0 heterocycles. The van der Waals surface area contributed by atoms with E-state index in [0.29, 0.717) is 6.42 Å². The maximum atomic E-state index is 9.75. The van der Waals surface area contributed by atoms with Crippen LogP contribution in [0.2, 0.25) is 0 Å². The van der Waals surface area contributed by atoms with E-state index in [1.807, 2.05) is 49.4 Å². The molecule has 0 aliphatic carbocycles. The van der Waals surface area contributed by atoms with Crippen molar-refractivity contribution in [2.24, 2.45) is 0 Å². The predicted molar refractivity (Wildman–Crippen MR) is 82.5 cm³/mol. The van der Waals surface area contributed by atoms with Crippen molar-refractivity contribution in [3.05, 3.63) is 52.5 Å². The summed E-state index contributed by atoms with van der Waals surface area (Å²) >= 11 is 3.45. The fourth-order valence-electron chi connectivity index (χ4n) is 1.81. The van der Waals surface area contributed by atoms with Gasteiger partial charge in [0.05, 0.1) is 17.7 Å². The van der Waals surface area contributed by atoms with E-state index in [1.54, 1.807) is 7.11 Å². The summed E-state index contributed by atoms with van der Waals surface area (Å²) in [5, 5.41) is 9.75. The SMILES string of the molecule is CC[C@H](O)c1ccc(Oc2ccc(OC)cc2Br)cc1. The third-order valence-electron chi connectivity index (χ3n) is 3.02. The van der Waals surface area contributed by atoms with Crippen molar-refractivity contribution < 1.29 is 14.6 Å². The maximum Gasteiger partial charge on any atom is 0.141 e. The molecular formula is C16H17BrO3. The van der Waals surface area contributed by atoms with Gasteiger partial charge in [-0.3, -0.25) is 0 Å². The van der Waals surface area contributed by atoms with Gasteiger partial charge in [0.15, 0.2) is 0 Å². The zero-order chi connectivity index (χ0) is 14.5. The third kappa shape index (κ3) is 3.52. The largest absolute Gasteiger partial charge is 0.497 e. The van der Waals surface area contributed by atoms with Crippen LogP contribution in [-0.2, 0) is 0 Å². The Kier molecular flexibility index (Phi) is 5.04. The monoisotopic (exact) mass is 336 g/mol. The highest BCUT2D eigenvalue weighted by Gasteiger charge is 2.07. The maximum absolute atomic E-state index is 9.75. The minimum Gasteiger partial charge on any atom is -0.497 e. The minimum absolute atomic E-state index is 0.420. The third-order valence-corrected chi connectivity index (χ3v) is 3.64. The second-order valence-electron chi connectivity index (χ2n) is 4.39. The van der Waals surface area contributed by atoms with Crippen molar-refractivity contribution in [3.8, 4) is 17.2 Å².